The van der Waals surface area contributed by atoms with Crippen molar-refractivity contribution in [3.63, 3.8) is 0 Å². The second-order valence-electron chi connectivity index (χ2n) is 4.05. The van der Waals surface area contributed by atoms with E-state index in [1.165, 1.54) is 11.6 Å². The molecule has 2 rings (SSSR count). The largest absolute Gasteiger partial charge is 0.313 e. The van der Waals surface area contributed by atoms with E-state index in [0.717, 1.165) is 5.56 Å². The predicted molar refractivity (Wildman–Crippen MR) is 68.3 cm³/mol. The molecule has 0 heterocycles. The van der Waals surface area contributed by atoms with Gasteiger partial charge in [0.1, 0.15) is 5.82 Å². The Labute approximate surface area is 101 Å². The summed E-state index contributed by atoms with van der Waals surface area (Å²) in [5, 5.41) is 3.23. The van der Waals surface area contributed by atoms with E-state index in [0.29, 0.717) is 6.42 Å². The molecule has 88 valence electrons. The minimum Gasteiger partial charge on any atom is -0.313 e. The summed E-state index contributed by atoms with van der Waals surface area (Å²) in [4.78, 5) is 0. The van der Waals surface area contributed by atoms with Crippen molar-refractivity contribution in [3.8, 4) is 0 Å². The summed E-state index contributed by atoms with van der Waals surface area (Å²) in [5.74, 6) is -0.135. The van der Waals surface area contributed by atoms with Gasteiger partial charge in [0.25, 0.3) is 0 Å². The van der Waals surface area contributed by atoms with Crippen LogP contribution in [-0.4, -0.2) is 7.05 Å². The summed E-state index contributed by atoms with van der Waals surface area (Å²) < 4.78 is 13.6. The van der Waals surface area contributed by atoms with Crippen molar-refractivity contribution >= 4 is 0 Å². The fourth-order valence-corrected chi connectivity index (χ4v) is 1.96. The van der Waals surface area contributed by atoms with Crippen LogP contribution in [0.3, 0.4) is 0 Å². The van der Waals surface area contributed by atoms with Crippen LogP contribution in [0, 0.1) is 5.82 Å². The van der Waals surface area contributed by atoms with Gasteiger partial charge < -0.3 is 5.32 Å². The minimum atomic E-state index is -0.135. The van der Waals surface area contributed by atoms with E-state index in [2.05, 4.69) is 17.4 Å². The van der Waals surface area contributed by atoms with E-state index in [4.69, 9.17) is 0 Å². The van der Waals surface area contributed by atoms with E-state index in [1.54, 1.807) is 6.07 Å². The van der Waals surface area contributed by atoms with Crippen molar-refractivity contribution in [3.05, 3.63) is 71.5 Å². The Morgan fingerprint density at radius 1 is 1.00 bits per heavy atom. The molecule has 1 N–H and O–H groups in total. The lowest BCUT2D eigenvalue weighted by molar-refractivity contribution is 0.554. The average molecular weight is 229 g/mol. The molecule has 0 fully saturated rings. The molecule has 1 nitrogen and oxygen atoms in total. The van der Waals surface area contributed by atoms with Gasteiger partial charge in [-0.05, 0) is 30.7 Å². The molecule has 0 amide bonds. The van der Waals surface area contributed by atoms with Gasteiger partial charge in [-0.2, -0.15) is 0 Å². The standard InChI is InChI=1S/C15H16FN/c1-17-15(12-7-3-2-4-8-12)11-13-9-5-6-10-14(13)16/h2-10,15,17H,11H2,1H3. The number of hydrogen-bond acceptors (Lipinski definition) is 1. The first kappa shape index (κ1) is 11.8. The lowest BCUT2D eigenvalue weighted by Gasteiger charge is -2.17. The average Bonchev–Trinajstić information content (AvgIpc) is 2.39. The maximum Gasteiger partial charge on any atom is 0.126 e. The molecule has 0 saturated heterocycles. The van der Waals surface area contributed by atoms with Gasteiger partial charge in [0.2, 0.25) is 0 Å². The van der Waals surface area contributed by atoms with Crippen LogP contribution in [-0.2, 0) is 6.42 Å². The molecule has 0 aromatic heterocycles. The molecule has 0 aliphatic heterocycles. The predicted octanol–water partition coefficient (Wildman–Crippen LogP) is 3.33. The van der Waals surface area contributed by atoms with Crippen molar-refractivity contribution in [2.75, 3.05) is 7.05 Å². The molecule has 0 bridgehead atoms. The quantitative estimate of drug-likeness (QED) is 0.848. The summed E-state index contributed by atoms with van der Waals surface area (Å²) in [6.07, 6.45) is 0.660. The molecule has 0 aliphatic rings. The molecular weight excluding hydrogens is 213 g/mol. The summed E-state index contributed by atoms with van der Waals surface area (Å²) in [5.41, 5.74) is 1.92. The van der Waals surface area contributed by atoms with Gasteiger partial charge in [0, 0.05) is 6.04 Å². The number of benzene rings is 2. The molecule has 2 aromatic rings. The van der Waals surface area contributed by atoms with E-state index >= 15 is 0 Å². The molecule has 1 atom stereocenters. The van der Waals surface area contributed by atoms with Crippen LogP contribution in [0.2, 0.25) is 0 Å². The zero-order valence-corrected chi connectivity index (χ0v) is 9.86. The van der Waals surface area contributed by atoms with E-state index in [1.807, 2.05) is 37.4 Å². The normalized spacial score (nSPS) is 12.4. The molecule has 0 saturated carbocycles. The minimum absolute atomic E-state index is 0.135. The fraction of sp³-hybridized carbons (Fsp3) is 0.200. The van der Waals surface area contributed by atoms with Crippen molar-refractivity contribution in [2.24, 2.45) is 0 Å². The van der Waals surface area contributed by atoms with Crippen LogP contribution in [0.5, 0.6) is 0 Å². The van der Waals surface area contributed by atoms with Gasteiger partial charge in [-0.25, -0.2) is 4.39 Å². The third-order valence-electron chi connectivity index (χ3n) is 2.93. The van der Waals surface area contributed by atoms with Crippen molar-refractivity contribution in [1.29, 1.82) is 0 Å². The molecule has 2 aromatic carbocycles. The van der Waals surface area contributed by atoms with Crippen LogP contribution >= 0.6 is 0 Å². The van der Waals surface area contributed by atoms with Crippen LogP contribution < -0.4 is 5.32 Å². The van der Waals surface area contributed by atoms with E-state index in [-0.39, 0.29) is 11.9 Å². The Kier molecular flexibility index (Phi) is 3.89. The van der Waals surface area contributed by atoms with Crippen LogP contribution in [0.25, 0.3) is 0 Å². The molecule has 0 radical (unpaired) electrons. The molecule has 2 heteroatoms. The monoisotopic (exact) mass is 229 g/mol. The molecule has 17 heavy (non-hydrogen) atoms. The Morgan fingerprint density at radius 3 is 2.29 bits per heavy atom. The lowest BCUT2D eigenvalue weighted by Crippen LogP contribution is -2.19. The number of rotatable bonds is 4. The van der Waals surface area contributed by atoms with E-state index in [9.17, 15) is 4.39 Å². The second kappa shape index (κ2) is 5.60. The Hall–Kier alpha value is -1.67. The van der Waals surface area contributed by atoms with E-state index < -0.39 is 0 Å². The zero-order valence-electron chi connectivity index (χ0n) is 9.86. The highest BCUT2D eigenvalue weighted by Crippen LogP contribution is 2.19. The van der Waals surface area contributed by atoms with Gasteiger partial charge in [-0.1, -0.05) is 48.5 Å². The Balaban J connectivity index is 2.19. The maximum atomic E-state index is 13.6. The fourth-order valence-electron chi connectivity index (χ4n) is 1.96. The second-order valence-corrected chi connectivity index (χ2v) is 4.05. The topological polar surface area (TPSA) is 12.0 Å². The summed E-state index contributed by atoms with van der Waals surface area (Å²) in [7, 11) is 1.90. The van der Waals surface area contributed by atoms with Crippen LogP contribution in [0.15, 0.2) is 54.6 Å². The first-order valence-corrected chi connectivity index (χ1v) is 5.77. The summed E-state index contributed by atoms with van der Waals surface area (Å²) in [6.45, 7) is 0. The van der Waals surface area contributed by atoms with Gasteiger partial charge >= 0.3 is 0 Å². The third-order valence-corrected chi connectivity index (χ3v) is 2.93. The van der Waals surface area contributed by atoms with Crippen molar-refractivity contribution in [1.82, 2.24) is 5.32 Å². The highest BCUT2D eigenvalue weighted by molar-refractivity contribution is 5.24. The third kappa shape index (κ3) is 2.92. The zero-order chi connectivity index (χ0) is 12.1. The molecule has 0 spiro atoms. The number of nitrogens with one attached hydrogen (secondary N) is 1. The highest BCUT2D eigenvalue weighted by Gasteiger charge is 2.11. The first-order chi connectivity index (χ1) is 8.31. The Bertz CT molecular complexity index is 467. The number of halogens is 1. The Morgan fingerprint density at radius 2 is 1.65 bits per heavy atom. The first-order valence-electron chi connectivity index (χ1n) is 5.77. The summed E-state index contributed by atoms with van der Waals surface area (Å²) >= 11 is 0. The van der Waals surface area contributed by atoms with Crippen LogP contribution in [0.1, 0.15) is 17.2 Å². The number of likely N-dealkylation sites (N-methyl/N-ethyl adjacent to an activating group) is 1. The van der Waals surface area contributed by atoms with Gasteiger partial charge in [-0.3, -0.25) is 0 Å². The molecule has 0 aliphatic carbocycles. The van der Waals surface area contributed by atoms with Crippen molar-refractivity contribution in [2.45, 2.75) is 12.5 Å². The molecular formula is C15H16FN. The van der Waals surface area contributed by atoms with Gasteiger partial charge in [-0.15, -0.1) is 0 Å². The summed E-state index contributed by atoms with van der Waals surface area (Å²) in [6, 6.07) is 17.2. The maximum absolute atomic E-state index is 13.6. The highest BCUT2D eigenvalue weighted by atomic mass is 19.1. The van der Waals surface area contributed by atoms with Gasteiger partial charge in [0.05, 0.1) is 0 Å². The van der Waals surface area contributed by atoms with Crippen LogP contribution in [0.4, 0.5) is 4.39 Å². The SMILES string of the molecule is CNC(Cc1ccccc1F)c1ccccc1. The lowest BCUT2D eigenvalue weighted by atomic mass is 9.99. The van der Waals surface area contributed by atoms with Gasteiger partial charge in [0.15, 0.2) is 0 Å². The number of hydrogen-bond donors (Lipinski definition) is 1. The smallest absolute Gasteiger partial charge is 0.126 e. The molecule has 1 unspecified atom stereocenters. The van der Waals surface area contributed by atoms with Crippen molar-refractivity contribution < 1.29 is 4.39 Å².